The van der Waals surface area contributed by atoms with Crippen molar-refractivity contribution in [2.24, 2.45) is 0 Å². The Labute approximate surface area is 147 Å². The van der Waals surface area contributed by atoms with Gasteiger partial charge in [-0.15, -0.1) is 11.3 Å². The minimum atomic E-state index is -3.18. The molecule has 1 aromatic heterocycles. The third kappa shape index (κ3) is 7.89. The first-order valence-electron chi connectivity index (χ1n) is 7.88. The second-order valence-corrected chi connectivity index (χ2v) is 8.23. The SMILES string of the molecule is CCN(CCCNC(=O)CCCNC(=O)c1cccs1)S(C)(=O)=O. The maximum Gasteiger partial charge on any atom is 0.261 e. The summed E-state index contributed by atoms with van der Waals surface area (Å²) in [6, 6.07) is 3.57. The summed E-state index contributed by atoms with van der Waals surface area (Å²) in [6.45, 7) is 3.49. The van der Waals surface area contributed by atoms with Crippen molar-refractivity contribution in [1.82, 2.24) is 14.9 Å². The van der Waals surface area contributed by atoms with Crippen LogP contribution in [-0.2, 0) is 14.8 Å². The maximum absolute atomic E-state index is 11.7. The summed E-state index contributed by atoms with van der Waals surface area (Å²) in [5.41, 5.74) is 0. The summed E-state index contributed by atoms with van der Waals surface area (Å²) in [7, 11) is -3.18. The van der Waals surface area contributed by atoms with Crippen LogP contribution in [-0.4, -0.2) is 57.0 Å². The summed E-state index contributed by atoms with van der Waals surface area (Å²) in [5.74, 6) is -0.214. The van der Waals surface area contributed by atoms with Gasteiger partial charge in [-0.3, -0.25) is 9.59 Å². The lowest BCUT2D eigenvalue weighted by Crippen LogP contribution is -2.33. The zero-order valence-corrected chi connectivity index (χ0v) is 15.7. The molecule has 1 rings (SSSR count). The van der Waals surface area contributed by atoms with E-state index in [9.17, 15) is 18.0 Å². The summed E-state index contributed by atoms with van der Waals surface area (Å²) in [4.78, 5) is 24.0. The molecule has 2 N–H and O–H groups in total. The Bertz CT molecular complexity index is 615. The number of hydrogen-bond donors (Lipinski definition) is 2. The van der Waals surface area contributed by atoms with E-state index in [4.69, 9.17) is 0 Å². The van der Waals surface area contributed by atoms with Crippen LogP contribution in [0.3, 0.4) is 0 Å². The number of sulfonamides is 1. The fourth-order valence-electron chi connectivity index (χ4n) is 2.08. The lowest BCUT2D eigenvalue weighted by Gasteiger charge is -2.17. The van der Waals surface area contributed by atoms with Gasteiger partial charge in [0.05, 0.1) is 11.1 Å². The number of rotatable bonds is 11. The van der Waals surface area contributed by atoms with Crippen LogP contribution in [0, 0.1) is 0 Å². The number of hydrogen-bond acceptors (Lipinski definition) is 5. The highest BCUT2D eigenvalue weighted by Gasteiger charge is 2.13. The third-order valence-electron chi connectivity index (χ3n) is 3.34. The van der Waals surface area contributed by atoms with Crippen LogP contribution in [0.2, 0.25) is 0 Å². The smallest absolute Gasteiger partial charge is 0.261 e. The molecule has 1 heterocycles. The van der Waals surface area contributed by atoms with Crippen molar-refractivity contribution < 1.29 is 18.0 Å². The first kappa shape index (κ1) is 20.6. The van der Waals surface area contributed by atoms with Crippen molar-refractivity contribution in [1.29, 1.82) is 0 Å². The van der Waals surface area contributed by atoms with Crippen LogP contribution in [0.1, 0.15) is 35.9 Å². The first-order chi connectivity index (χ1) is 11.3. The van der Waals surface area contributed by atoms with Gasteiger partial charge in [-0.1, -0.05) is 13.0 Å². The van der Waals surface area contributed by atoms with Gasteiger partial charge in [0.25, 0.3) is 5.91 Å². The van der Waals surface area contributed by atoms with Gasteiger partial charge in [0.2, 0.25) is 15.9 Å². The largest absolute Gasteiger partial charge is 0.356 e. The molecule has 0 radical (unpaired) electrons. The molecule has 136 valence electrons. The summed E-state index contributed by atoms with van der Waals surface area (Å²) in [6.07, 6.45) is 2.64. The molecule has 0 fully saturated rings. The number of nitrogens with one attached hydrogen (secondary N) is 2. The second-order valence-electron chi connectivity index (χ2n) is 5.29. The lowest BCUT2D eigenvalue weighted by molar-refractivity contribution is -0.121. The molecule has 1 aromatic rings. The predicted octanol–water partition coefficient (Wildman–Crippen LogP) is 1.05. The fourth-order valence-corrected chi connectivity index (χ4v) is 3.65. The lowest BCUT2D eigenvalue weighted by atomic mass is 10.3. The number of amides is 2. The molecule has 0 aliphatic rings. The van der Waals surface area contributed by atoms with Crippen LogP contribution in [0.15, 0.2) is 17.5 Å². The minimum Gasteiger partial charge on any atom is -0.356 e. The zero-order chi connectivity index (χ0) is 18.0. The Morgan fingerprint density at radius 3 is 2.50 bits per heavy atom. The van der Waals surface area contributed by atoms with E-state index in [2.05, 4.69) is 10.6 Å². The number of thiophene rings is 1. The Morgan fingerprint density at radius 1 is 1.21 bits per heavy atom. The highest BCUT2D eigenvalue weighted by Crippen LogP contribution is 2.07. The molecular formula is C15H25N3O4S2. The third-order valence-corrected chi connectivity index (χ3v) is 5.59. The Balaban J connectivity index is 2.09. The van der Waals surface area contributed by atoms with E-state index < -0.39 is 10.0 Å². The van der Waals surface area contributed by atoms with Gasteiger partial charge in [-0.2, -0.15) is 0 Å². The average Bonchev–Trinajstić information content (AvgIpc) is 3.04. The van der Waals surface area contributed by atoms with Gasteiger partial charge in [-0.25, -0.2) is 12.7 Å². The Kier molecular flexibility index (Phi) is 8.94. The molecule has 0 spiro atoms. The molecule has 0 saturated heterocycles. The summed E-state index contributed by atoms with van der Waals surface area (Å²) < 4.78 is 24.2. The standard InChI is InChI=1S/C15H25N3O4S2/c1-3-18(24(2,21)22)11-6-10-16-14(19)8-4-9-17-15(20)13-7-5-12-23-13/h5,7,12H,3-4,6,8-11H2,1-2H3,(H,16,19)(H,17,20). The van der Waals surface area contributed by atoms with Crippen LogP contribution >= 0.6 is 11.3 Å². The van der Waals surface area contributed by atoms with Gasteiger partial charge in [0.1, 0.15) is 0 Å². The van der Waals surface area contributed by atoms with E-state index in [0.29, 0.717) is 50.3 Å². The molecule has 7 nitrogen and oxygen atoms in total. The molecular weight excluding hydrogens is 350 g/mol. The van der Waals surface area contributed by atoms with Crippen molar-refractivity contribution in [3.63, 3.8) is 0 Å². The van der Waals surface area contributed by atoms with Gasteiger partial charge in [0, 0.05) is 32.6 Å². The first-order valence-corrected chi connectivity index (χ1v) is 10.6. The van der Waals surface area contributed by atoms with E-state index in [1.165, 1.54) is 21.9 Å². The van der Waals surface area contributed by atoms with E-state index in [-0.39, 0.29) is 11.8 Å². The van der Waals surface area contributed by atoms with Gasteiger partial charge >= 0.3 is 0 Å². The molecule has 0 atom stereocenters. The molecule has 0 saturated carbocycles. The maximum atomic E-state index is 11.7. The van der Waals surface area contributed by atoms with E-state index in [0.717, 1.165) is 0 Å². The van der Waals surface area contributed by atoms with Gasteiger partial charge in [-0.05, 0) is 24.3 Å². The highest BCUT2D eigenvalue weighted by molar-refractivity contribution is 7.88. The summed E-state index contributed by atoms with van der Waals surface area (Å²) in [5, 5.41) is 7.36. The van der Waals surface area contributed by atoms with Gasteiger partial charge < -0.3 is 10.6 Å². The Hall–Kier alpha value is -1.45. The normalized spacial score (nSPS) is 11.5. The summed E-state index contributed by atoms with van der Waals surface area (Å²) >= 11 is 1.38. The second kappa shape index (κ2) is 10.4. The molecule has 0 aliphatic heterocycles. The van der Waals surface area contributed by atoms with Crippen molar-refractivity contribution >= 4 is 33.2 Å². The highest BCUT2D eigenvalue weighted by atomic mass is 32.2. The number of nitrogens with zero attached hydrogens (tertiary/aromatic N) is 1. The number of carbonyl (C=O) groups excluding carboxylic acids is 2. The van der Waals surface area contributed by atoms with Crippen molar-refractivity contribution in [2.45, 2.75) is 26.2 Å². The molecule has 0 bridgehead atoms. The zero-order valence-electron chi connectivity index (χ0n) is 14.1. The molecule has 9 heteroatoms. The van der Waals surface area contributed by atoms with Crippen molar-refractivity contribution in [3.05, 3.63) is 22.4 Å². The average molecular weight is 376 g/mol. The molecule has 0 aliphatic carbocycles. The minimum absolute atomic E-state index is 0.0947. The fraction of sp³-hybridized carbons (Fsp3) is 0.600. The van der Waals surface area contributed by atoms with Crippen molar-refractivity contribution in [3.8, 4) is 0 Å². The van der Waals surface area contributed by atoms with E-state index in [1.807, 2.05) is 11.4 Å². The van der Waals surface area contributed by atoms with E-state index in [1.54, 1.807) is 13.0 Å². The quantitative estimate of drug-likeness (QED) is 0.565. The molecule has 0 unspecified atom stereocenters. The molecule has 0 aromatic carbocycles. The van der Waals surface area contributed by atoms with Crippen LogP contribution in [0.25, 0.3) is 0 Å². The van der Waals surface area contributed by atoms with Crippen molar-refractivity contribution in [2.75, 3.05) is 32.4 Å². The Morgan fingerprint density at radius 2 is 1.92 bits per heavy atom. The van der Waals surface area contributed by atoms with Crippen LogP contribution in [0.5, 0.6) is 0 Å². The topological polar surface area (TPSA) is 95.6 Å². The molecule has 2 amide bonds. The number of carbonyl (C=O) groups is 2. The predicted molar refractivity (Wildman–Crippen MR) is 95.6 cm³/mol. The van der Waals surface area contributed by atoms with Crippen LogP contribution in [0.4, 0.5) is 0 Å². The molecule has 24 heavy (non-hydrogen) atoms. The monoisotopic (exact) mass is 375 g/mol. The van der Waals surface area contributed by atoms with E-state index >= 15 is 0 Å². The van der Waals surface area contributed by atoms with Gasteiger partial charge in [0.15, 0.2) is 0 Å². The van der Waals surface area contributed by atoms with Crippen LogP contribution < -0.4 is 10.6 Å².